The summed E-state index contributed by atoms with van der Waals surface area (Å²) in [4.78, 5) is 0. The average Bonchev–Trinajstić information content (AvgIpc) is 2.19. The predicted octanol–water partition coefficient (Wildman–Crippen LogP) is 2.58. The van der Waals surface area contributed by atoms with Gasteiger partial charge in [-0.05, 0) is 39.2 Å². The van der Waals surface area contributed by atoms with E-state index < -0.39 is 0 Å². The summed E-state index contributed by atoms with van der Waals surface area (Å²) in [6.07, 6.45) is 7.06. The number of ether oxygens (including phenoxy) is 1. The minimum absolute atomic E-state index is 0.454. The molecule has 0 spiro atoms. The molecule has 1 N–H and O–H groups in total. The van der Waals surface area contributed by atoms with Gasteiger partial charge in [-0.2, -0.15) is 0 Å². The molecule has 1 rings (SSSR count). The first kappa shape index (κ1) is 12.0. The van der Waals surface area contributed by atoms with Gasteiger partial charge in [0.1, 0.15) is 0 Å². The van der Waals surface area contributed by atoms with Gasteiger partial charge in [0.2, 0.25) is 0 Å². The maximum Gasteiger partial charge on any atom is 0.0730 e. The van der Waals surface area contributed by atoms with Crippen molar-refractivity contribution in [3.8, 4) is 0 Å². The van der Waals surface area contributed by atoms with Crippen LogP contribution in [0.3, 0.4) is 0 Å². The Morgan fingerprint density at radius 2 is 2.07 bits per heavy atom. The minimum atomic E-state index is 0.454. The quantitative estimate of drug-likeness (QED) is 0.735. The van der Waals surface area contributed by atoms with Crippen LogP contribution < -0.4 is 5.32 Å². The molecule has 0 aliphatic heterocycles. The molecule has 1 aliphatic carbocycles. The van der Waals surface area contributed by atoms with E-state index in [1.165, 1.54) is 32.1 Å². The molecule has 3 unspecified atom stereocenters. The Morgan fingerprint density at radius 3 is 2.64 bits per heavy atom. The van der Waals surface area contributed by atoms with E-state index in [9.17, 15) is 0 Å². The lowest BCUT2D eigenvalue weighted by Crippen LogP contribution is -2.44. The van der Waals surface area contributed by atoms with Crippen molar-refractivity contribution in [1.29, 1.82) is 0 Å². The number of hydrogen-bond donors (Lipinski definition) is 1. The van der Waals surface area contributed by atoms with Crippen molar-refractivity contribution < 1.29 is 4.74 Å². The number of hydrogen-bond acceptors (Lipinski definition) is 2. The van der Waals surface area contributed by atoms with Gasteiger partial charge in [0.25, 0.3) is 0 Å². The minimum Gasteiger partial charge on any atom is -0.377 e. The Kier molecular flexibility index (Phi) is 5.49. The molecule has 2 nitrogen and oxygen atoms in total. The number of nitrogens with one attached hydrogen (secondary N) is 1. The Labute approximate surface area is 88.4 Å². The lowest BCUT2D eigenvalue weighted by molar-refractivity contribution is -0.00290. The molecule has 0 aromatic heterocycles. The smallest absolute Gasteiger partial charge is 0.0730 e. The van der Waals surface area contributed by atoms with Crippen LogP contribution in [-0.2, 0) is 4.74 Å². The zero-order valence-corrected chi connectivity index (χ0v) is 9.88. The lowest BCUT2D eigenvalue weighted by Gasteiger charge is -2.35. The second kappa shape index (κ2) is 6.41. The van der Waals surface area contributed by atoms with E-state index >= 15 is 0 Å². The van der Waals surface area contributed by atoms with Crippen molar-refractivity contribution in [1.82, 2.24) is 5.32 Å². The van der Waals surface area contributed by atoms with Crippen molar-refractivity contribution >= 4 is 0 Å². The van der Waals surface area contributed by atoms with Crippen LogP contribution in [0.1, 0.15) is 46.0 Å². The molecular formula is C12H25NO. The van der Waals surface area contributed by atoms with Gasteiger partial charge < -0.3 is 10.1 Å². The molecule has 0 bridgehead atoms. The zero-order chi connectivity index (χ0) is 10.4. The molecule has 1 fully saturated rings. The van der Waals surface area contributed by atoms with Gasteiger partial charge in [-0.3, -0.25) is 0 Å². The SMILES string of the molecule is CCCC1CCC(NC)C(OCC)C1. The van der Waals surface area contributed by atoms with Crippen molar-refractivity contribution in [3.05, 3.63) is 0 Å². The zero-order valence-electron chi connectivity index (χ0n) is 9.88. The van der Waals surface area contributed by atoms with E-state index in [4.69, 9.17) is 4.74 Å². The van der Waals surface area contributed by atoms with Crippen molar-refractivity contribution in [2.75, 3.05) is 13.7 Å². The normalized spacial score (nSPS) is 33.2. The van der Waals surface area contributed by atoms with Crippen LogP contribution in [0.4, 0.5) is 0 Å². The molecule has 0 heterocycles. The van der Waals surface area contributed by atoms with Crippen LogP contribution in [0.5, 0.6) is 0 Å². The highest BCUT2D eigenvalue weighted by Gasteiger charge is 2.29. The molecule has 3 atom stereocenters. The van der Waals surface area contributed by atoms with Crippen LogP contribution in [0.2, 0.25) is 0 Å². The fourth-order valence-corrected chi connectivity index (χ4v) is 2.61. The van der Waals surface area contributed by atoms with Crippen molar-refractivity contribution in [2.24, 2.45) is 5.92 Å². The summed E-state index contributed by atoms with van der Waals surface area (Å²) >= 11 is 0. The van der Waals surface area contributed by atoms with E-state index in [2.05, 4.69) is 26.2 Å². The third kappa shape index (κ3) is 3.25. The Hall–Kier alpha value is -0.0800. The number of likely N-dealkylation sites (N-methyl/N-ethyl adjacent to an activating group) is 1. The molecule has 0 aromatic carbocycles. The molecule has 0 amide bonds. The van der Waals surface area contributed by atoms with Crippen LogP contribution in [0.25, 0.3) is 0 Å². The first-order chi connectivity index (χ1) is 6.81. The predicted molar refractivity (Wildman–Crippen MR) is 60.5 cm³/mol. The molecule has 0 saturated heterocycles. The average molecular weight is 199 g/mol. The third-order valence-electron chi connectivity index (χ3n) is 3.35. The highest BCUT2D eigenvalue weighted by Crippen LogP contribution is 2.29. The monoisotopic (exact) mass is 199 g/mol. The topological polar surface area (TPSA) is 21.3 Å². The van der Waals surface area contributed by atoms with Crippen LogP contribution >= 0.6 is 0 Å². The molecule has 1 aliphatic rings. The maximum absolute atomic E-state index is 5.80. The molecule has 2 heteroatoms. The maximum atomic E-state index is 5.80. The standard InChI is InChI=1S/C12H25NO/c1-4-6-10-7-8-11(13-3)12(9-10)14-5-2/h10-13H,4-9H2,1-3H3. The van der Waals surface area contributed by atoms with Crippen molar-refractivity contribution in [3.63, 3.8) is 0 Å². The van der Waals surface area contributed by atoms with Crippen LogP contribution in [0, 0.1) is 5.92 Å². The summed E-state index contributed by atoms with van der Waals surface area (Å²) in [7, 11) is 2.05. The second-order valence-electron chi connectivity index (χ2n) is 4.36. The van der Waals surface area contributed by atoms with Gasteiger partial charge in [0.15, 0.2) is 0 Å². The van der Waals surface area contributed by atoms with Crippen LogP contribution in [0.15, 0.2) is 0 Å². The first-order valence-corrected chi connectivity index (χ1v) is 6.10. The van der Waals surface area contributed by atoms with E-state index in [-0.39, 0.29) is 0 Å². The summed E-state index contributed by atoms with van der Waals surface area (Å²) in [5.41, 5.74) is 0. The van der Waals surface area contributed by atoms with Crippen LogP contribution in [-0.4, -0.2) is 25.8 Å². The Morgan fingerprint density at radius 1 is 1.29 bits per heavy atom. The summed E-state index contributed by atoms with van der Waals surface area (Å²) in [5, 5.41) is 3.38. The van der Waals surface area contributed by atoms with E-state index in [1.807, 2.05) is 0 Å². The highest BCUT2D eigenvalue weighted by molar-refractivity contribution is 4.84. The fourth-order valence-electron chi connectivity index (χ4n) is 2.61. The summed E-state index contributed by atoms with van der Waals surface area (Å²) in [5.74, 6) is 0.904. The molecule has 14 heavy (non-hydrogen) atoms. The van der Waals surface area contributed by atoms with Gasteiger partial charge in [-0.25, -0.2) is 0 Å². The molecule has 84 valence electrons. The second-order valence-corrected chi connectivity index (χ2v) is 4.36. The summed E-state index contributed by atoms with van der Waals surface area (Å²) in [6, 6.07) is 0.586. The van der Waals surface area contributed by atoms with Gasteiger partial charge >= 0.3 is 0 Å². The third-order valence-corrected chi connectivity index (χ3v) is 3.35. The Bertz CT molecular complexity index is 149. The summed E-state index contributed by atoms with van der Waals surface area (Å²) in [6.45, 7) is 5.22. The lowest BCUT2D eigenvalue weighted by atomic mass is 9.81. The van der Waals surface area contributed by atoms with E-state index in [1.54, 1.807) is 0 Å². The Balaban J connectivity index is 2.39. The molecule has 1 saturated carbocycles. The van der Waals surface area contributed by atoms with Gasteiger partial charge in [0.05, 0.1) is 6.10 Å². The summed E-state index contributed by atoms with van der Waals surface area (Å²) < 4.78 is 5.80. The van der Waals surface area contributed by atoms with Gasteiger partial charge in [-0.1, -0.05) is 19.8 Å². The highest BCUT2D eigenvalue weighted by atomic mass is 16.5. The molecular weight excluding hydrogens is 174 g/mol. The first-order valence-electron chi connectivity index (χ1n) is 6.10. The number of rotatable bonds is 5. The molecule has 0 radical (unpaired) electrons. The van der Waals surface area contributed by atoms with E-state index in [0.717, 1.165) is 12.5 Å². The van der Waals surface area contributed by atoms with E-state index in [0.29, 0.717) is 12.1 Å². The fraction of sp³-hybridized carbons (Fsp3) is 1.00. The van der Waals surface area contributed by atoms with Crippen molar-refractivity contribution in [2.45, 2.75) is 58.1 Å². The largest absolute Gasteiger partial charge is 0.377 e. The van der Waals surface area contributed by atoms with Gasteiger partial charge in [-0.15, -0.1) is 0 Å². The van der Waals surface area contributed by atoms with Gasteiger partial charge in [0, 0.05) is 12.6 Å². The molecule has 0 aromatic rings.